The minimum atomic E-state index is -0.334. The highest BCUT2D eigenvalue weighted by Gasteiger charge is 2.18. The molecule has 0 bridgehead atoms. The van der Waals surface area contributed by atoms with Crippen molar-refractivity contribution < 1.29 is 14.6 Å². The van der Waals surface area contributed by atoms with E-state index >= 15 is 0 Å². The first-order valence-corrected chi connectivity index (χ1v) is 8.76. The second-order valence-electron chi connectivity index (χ2n) is 5.89. The monoisotopic (exact) mass is 341 g/mol. The van der Waals surface area contributed by atoms with Gasteiger partial charge in [0.1, 0.15) is 0 Å². The highest BCUT2D eigenvalue weighted by molar-refractivity contribution is 7.99. The molecule has 2 rings (SSSR count). The molecular formula is C15H23N3O4S. The molecule has 1 aliphatic rings. The number of aromatic amines is 1. The van der Waals surface area contributed by atoms with Crippen LogP contribution in [0.2, 0.25) is 0 Å². The summed E-state index contributed by atoms with van der Waals surface area (Å²) in [4.78, 5) is 32.5. The van der Waals surface area contributed by atoms with E-state index in [-0.39, 0.29) is 28.3 Å². The molecule has 8 heteroatoms. The number of hydrogen-bond acceptors (Lipinski definition) is 6. The average molecular weight is 341 g/mol. The van der Waals surface area contributed by atoms with Crippen molar-refractivity contribution >= 4 is 17.7 Å². The Morgan fingerprint density at radius 1 is 1.43 bits per heavy atom. The van der Waals surface area contributed by atoms with Crippen LogP contribution in [-0.2, 0) is 16.0 Å². The lowest BCUT2D eigenvalue weighted by atomic mass is 10.0. The maximum atomic E-state index is 12.1. The number of thioether (sulfide) groups is 1. The largest absolute Gasteiger partial charge is 0.493 e. The fourth-order valence-electron chi connectivity index (χ4n) is 2.23. The predicted molar refractivity (Wildman–Crippen MR) is 87.8 cm³/mol. The summed E-state index contributed by atoms with van der Waals surface area (Å²) in [7, 11) is 0. The van der Waals surface area contributed by atoms with Gasteiger partial charge in [0.15, 0.2) is 5.16 Å². The summed E-state index contributed by atoms with van der Waals surface area (Å²) in [6.45, 7) is 6.39. The first-order valence-electron chi connectivity index (χ1n) is 7.78. The number of amides is 1. The Bertz CT molecular complexity index is 597. The lowest BCUT2D eigenvalue weighted by Gasteiger charge is -2.26. The second-order valence-corrected chi connectivity index (χ2v) is 6.85. The Balaban J connectivity index is 1.95. The van der Waals surface area contributed by atoms with E-state index in [1.807, 2.05) is 0 Å². The number of carbonyl (C=O) groups excluding carboxylic acids is 1. The van der Waals surface area contributed by atoms with Crippen molar-refractivity contribution in [1.82, 2.24) is 14.9 Å². The molecule has 1 fully saturated rings. The molecule has 7 nitrogen and oxygen atoms in total. The van der Waals surface area contributed by atoms with Crippen molar-refractivity contribution in [1.29, 1.82) is 0 Å². The zero-order valence-corrected chi connectivity index (χ0v) is 14.3. The van der Waals surface area contributed by atoms with Crippen molar-refractivity contribution in [2.75, 3.05) is 32.1 Å². The van der Waals surface area contributed by atoms with Gasteiger partial charge in [-0.1, -0.05) is 25.6 Å². The summed E-state index contributed by atoms with van der Waals surface area (Å²) >= 11 is 1.12. The van der Waals surface area contributed by atoms with Gasteiger partial charge in [-0.3, -0.25) is 9.59 Å². The van der Waals surface area contributed by atoms with E-state index in [4.69, 9.17) is 4.74 Å². The summed E-state index contributed by atoms with van der Waals surface area (Å²) in [6.07, 6.45) is 1.30. The van der Waals surface area contributed by atoms with E-state index in [1.54, 1.807) is 4.90 Å². The molecule has 1 aromatic rings. The molecule has 23 heavy (non-hydrogen) atoms. The van der Waals surface area contributed by atoms with E-state index in [0.717, 1.165) is 18.2 Å². The van der Waals surface area contributed by atoms with Crippen LogP contribution in [0.4, 0.5) is 0 Å². The van der Waals surface area contributed by atoms with Gasteiger partial charge >= 0.3 is 0 Å². The number of nitrogens with one attached hydrogen (secondary N) is 1. The molecule has 1 aliphatic heterocycles. The van der Waals surface area contributed by atoms with Gasteiger partial charge in [0.2, 0.25) is 11.8 Å². The van der Waals surface area contributed by atoms with Crippen LogP contribution >= 0.6 is 11.8 Å². The van der Waals surface area contributed by atoms with E-state index in [0.29, 0.717) is 44.2 Å². The fraction of sp³-hybridized carbons (Fsp3) is 0.667. The Morgan fingerprint density at radius 2 is 2.13 bits per heavy atom. The van der Waals surface area contributed by atoms with E-state index in [2.05, 4.69) is 23.8 Å². The van der Waals surface area contributed by atoms with Crippen molar-refractivity contribution in [3.63, 3.8) is 0 Å². The third-order valence-corrected chi connectivity index (χ3v) is 4.50. The first kappa shape index (κ1) is 17.8. The average Bonchev–Trinajstić information content (AvgIpc) is 2.52. The molecule has 1 saturated heterocycles. The fourth-order valence-corrected chi connectivity index (χ4v) is 2.99. The molecule has 0 aromatic carbocycles. The summed E-state index contributed by atoms with van der Waals surface area (Å²) < 4.78 is 5.20. The summed E-state index contributed by atoms with van der Waals surface area (Å²) in [5.74, 6) is 0.349. The highest BCUT2D eigenvalue weighted by atomic mass is 32.2. The topological polar surface area (TPSA) is 95.5 Å². The Kier molecular flexibility index (Phi) is 6.47. The number of aromatic nitrogens is 2. The number of H-pyrrole nitrogens is 1. The lowest BCUT2D eigenvalue weighted by Crippen LogP contribution is -2.41. The number of nitrogens with zero attached hydrogens (tertiary/aromatic N) is 2. The van der Waals surface area contributed by atoms with Crippen LogP contribution in [0.15, 0.2) is 9.95 Å². The number of ether oxygens (including phenoxy) is 1. The third kappa shape index (κ3) is 5.24. The van der Waals surface area contributed by atoms with Gasteiger partial charge in [0.05, 0.1) is 24.5 Å². The van der Waals surface area contributed by atoms with Crippen LogP contribution in [0, 0.1) is 5.92 Å². The van der Waals surface area contributed by atoms with Gasteiger partial charge in [-0.15, -0.1) is 0 Å². The number of carbonyl (C=O) groups is 1. The van der Waals surface area contributed by atoms with Gasteiger partial charge in [-0.25, -0.2) is 0 Å². The second kappa shape index (κ2) is 8.35. The summed E-state index contributed by atoms with van der Waals surface area (Å²) in [5, 5.41) is 10.2. The Hall–Kier alpha value is -1.54. The number of hydrogen-bond donors (Lipinski definition) is 2. The van der Waals surface area contributed by atoms with Crippen LogP contribution in [0.3, 0.4) is 0 Å². The number of rotatable bonds is 6. The van der Waals surface area contributed by atoms with Gasteiger partial charge in [0, 0.05) is 13.1 Å². The van der Waals surface area contributed by atoms with Crippen molar-refractivity contribution in [3.05, 3.63) is 15.9 Å². The van der Waals surface area contributed by atoms with E-state index in [1.165, 1.54) is 0 Å². The minimum Gasteiger partial charge on any atom is -0.493 e. The predicted octanol–water partition coefficient (Wildman–Crippen LogP) is 1.01. The molecule has 0 spiro atoms. The molecule has 0 unspecified atom stereocenters. The van der Waals surface area contributed by atoms with Crippen LogP contribution in [0.1, 0.15) is 25.8 Å². The SMILES string of the molecule is CC(C)CCc1c(O)nc(SCC(=O)N2CCOCC2)[nH]c1=O. The third-order valence-electron chi connectivity index (χ3n) is 3.64. The minimum absolute atomic E-state index is 0.0238. The molecular weight excluding hydrogens is 318 g/mol. The standard InChI is InChI=1S/C15H23N3O4S/c1-10(2)3-4-11-13(20)16-15(17-14(11)21)23-9-12(19)18-5-7-22-8-6-18/h10H,3-9H2,1-2H3,(H2,16,17,20,21). The molecule has 0 atom stereocenters. The van der Waals surface area contributed by atoms with Gasteiger partial charge < -0.3 is 19.7 Å². The maximum absolute atomic E-state index is 12.1. The van der Waals surface area contributed by atoms with Crippen molar-refractivity contribution in [3.8, 4) is 5.88 Å². The molecule has 1 aromatic heterocycles. The Morgan fingerprint density at radius 3 is 2.74 bits per heavy atom. The van der Waals surface area contributed by atoms with Crippen LogP contribution in [0.5, 0.6) is 5.88 Å². The molecule has 2 heterocycles. The van der Waals surface area contributed by atoms with Gasteiger partial charge in [0.25, 0.3) is 5.56 Å². The Labute approximate surface area is 139 Å². The van der Waals surface area contributed by atoms with Crippen molar-refractivity contribution in [2.24, 2.45) is 5.92 Å². The van der Waals surface area contributed by atoms with Gasteiger partial charge in [-0.05, 0) is 18.8 Å². The molecule has 0 saturated carbocycles. The van der Waals surface area contributed by atoms with Crippen LogP contribution in [-0.4, -0.2) is 57.9 Å². The number of morpholine rings is 1. The molecule has 1 amide bonds. The highest BCUT2D eigenvalue weighted by Crippen LogP contribution is 2.19. The molecule has 128 valence electrons. The lowest BCUT2D eigenvalue weighted by molar-refractivity contribution is -0.132. The summed E-state index contributed by atoms with van der Waals surface area (Å²) in [6, 6.07) is 0. The van der Waals surface area contributed by atoms with Crippen LogP contribution in [0.25, 0.3) is 0 Å². The normalized spacial score (nSPS) is 15.2. The quantitative estimate of drug-likeness (QED) is 0.592. The zero-order valence-electron chi connectivity index (χ0n) is 13.5. The molecule has 2 N–H and O–H groups in total. The molecule has 0 aliphatic carbocycles. The first-order chi connectivity index (χ1) is 11.0. The van der Waals surface area contributed by atoms with Crippen molar-refractivity contribution in [2.45, 2.75) is 31.8 Å². The van der Waals surface area contributed by atoms with Crippen LogP contribution < -0.4 is 5.56 Å². The molecule has 0 radical (unpaired) electrons. The van der Waals surface area contributed by atoms with E-state index in [9.17, 15) is 14.7 Å². The number of aromatic hydroxyl groups is 1. The smallest absolute Gasteiger partial charge is 0.258 e. The zero-order chi connectivity index (χ0) is 16.8. The van der Waals surface area contributed by atoms with E-state index < -0.39 is 0 Å². The maximum Gasteiger partial charge on any atom is 0.258 e. The summed E-state index contributed by atoms with van der Waals surface area (Å²) in [5.41, 5.74) is -0.0259. The van der Waals surface area contributed by atoms with Gasteiger partial charge in [-0.2, -0.15) is 4.98 Å².